The van der Waals surface area contributed by atoms with Crippen molar-refractivity contribution in [2.24, 2.45) is 5.84 Å². The molecule has 1 amide bonds. The zero-order chi connectivity index (χ0) is 13.9. The van der Waals surface area contributed by atoms with Gasteiger partial charge in [-0.25, -0.2) is 5.84 Å². The van der Waals surface area contributed by atoms with Crippen molar-refractivity contribution in [3.05, 3.63) is 21.9 Å². The van der Waals surface area contributed by atoms with Crippen LogP contribution in [0.2, 0.25) is 0 Å². The standard InChI is InChI=1S/C14H22N4OS/c15-16-14(19)13-11(4-8-20-13)9-17-6-7-18-5-2-1-3-12(18)10-17/h4,8,12H,1-3,5-7,9-10,15H2,(H,16,19). The van der Waals surface area contributed by atoms with E-state index in [1.54, 1.807) is 0 Å². The van der Waals surface area contributed by atoms with Crippen molar-refractivity contribution in [2.75, 3.05) is 26.2 Å². The summed E-state index contributed by atoms with van der Waals surface area (Å²) in [6.45, 7) is 5.50. The summed E-state index contributed by atoms with van der Waals surface area (Å²) in [5, 5.41) is 1.97. The number of hydrazine groups is 1. The second-order valence-corrected chi connectivity index (χ2v) is 6.59. The quantitative estimate of drug-likeness (QED) is 0.496. The van der Waals surface area contributed by atoms with Crippen LogP contribution in [-0.2, 0) is 6.54 Å². The molecule has 1 atom stereocenters. The Kier molecular flexibility index (Phi) is 4.35. The average molecular weight is 294 g/mol. The highest BCUT2D eigenvalue weighted by atomic mass is 32.1. The minimum absolute atomic E-state index is 0.175. The highest BCUT2D eigenvalue weighted by molar-refractivity contribution is 7.12. The van der Waals surface area contributed by atoms with Crippen molar-refractivity contribution < 1.29 is 4.79 Å². The zero-order valence-electron chi connectivity index (χ0n) is 11.7. The van der Waals surface area contributed by atoms with E-state index in [4.69, 9.17) is 5.84 Å². The lowest BCUT2D eigenvalue weighted by Gasteiger charge is -2.44. The van der Waals surface area contributed by atoms with Gasteiger partial charge >= 0.3 is 0 Å². The Balaban J connectivity index is 1.64. The molecular formula is C14H22N4OS. The van der Waals surface area contributed by atoms with Crippen LogP contribution in [0.5, 0.6) is 0 Å². The molecule has 110 valence electrons. The van der Waals surface area contributed by atoms with Crippen LogP contribution in [0, 0.1) is 0 Å². The molecule has 0 aromatic carbocycles. The maximum atomic E-state index is 11.7. The van der Waals surface area contributed by atoms with Gasteiger partial charge in [-0.1, -0.05) is 6.42 Å². The van der Waals surface area contributed by atoms with Crippen LogP contribution >= 0.6 is 11.3 Å². The normalized spacial score (nSPS) is 24.4. The molecular weight excluding hydrogens is 272 g/mol. The van der Waals surface area contributed by atoms with Gasteiger partial charge in [0.05, 0.1) is 4.88 Å². The highest BCUT2D eigenvalue weighted by Crippen LogP contribution is 2.24. The van der Waals surface area contributed by atoms with E-state index >= 15 is 0 Å². The summed E-state index contributed by atoms with van der Waals surface area (Å²) in [4.78, 5) is 17.6. The molecule has 2 fully saturated rings. The Bertz CT molecular complexity index is 475. The molecule has 0 saturated carbocycles. The molecule has 1 aromatic rings. The van der Waals surface area contributed by atoms with Crippen LogP contribution in [0.1, 0.15) is 34.5 Å². The second kappa shape index (κ2) is 6.22. The van der Waals surface area contributed by atoms with E-state index in [2.05, 4.69) is 15.2 Å². The maximum Gasteiger partial charge on any atom is 0.275 e. The first kappa shape index (κ1) is 14.0. The summed E-state index contributed by atoms with van der Waals surface area (Å²) in [5.74, 6) is 5.06. The number of piperazine rings is 1. The van der Waals surface area contributed by atoms with E-state index in [9.17, 15) is 4.79 Å². The van der Waals surface area contributed by atoms with Crippen LogP contribution in [0.25, 0.3) is 0 Å². The van der Waals surface area contributed by atoms with E-state index in [0.717, 1.165) is 36.6 Å². The Morgan fingerprint density at radius 1 is 1.40 bits per heavy atom. The third kappa shape index (κ3) is 2.88. The molecule has 3 rings (SSSR count). The monoisotopic (exact) mass is 294 g/mol. The summed E-state index contributed by atoms with van der Waals surface area (Å²) < 4.78 is 0. The number of piperidine rings is 1. The molecule has 0 bridgehead atoms. The van der Waals surface area contributed by atoms with Crippen molar-refractivity contribution in [2.45, 2.75) is 31.8 Å². The van der Waals surface area contributed by atoms with E-state index in [0.29, 0.717) is 6.04 Å². The summed E-state index contributed by atoms with van der Waals surface area (Å²) in [5.41, 5.74) is 3.33. The third-order valence-corrected chi connectivity index (χ3v) is 5.35. The van der Waals surface area contributed by atoms with Gasteiger partial charge in [-0.15, -0.1) is 11.3 Å². The molecule has 5 nitrogen and oxygen atoms in total. The number of nitrogens with zero attached hydrogens (tertiary/aromatic N) is 2. The SMILES string of the molecule is NNC(=O)c1sccc1CN1CCN2CCCCC2C1. The molecule has 1 aromatic heterocycles. The van der Waals surface area contributed by atoms with Crippen LogP contribution in [0.3, 0.4) is 0 Å². The zero-order valence-corrected chi connectivity index (χ0v) is 12.5. The van der Waals surface area contributed by atoms with Crippen molar-refractivity contribution in [3.8, 4) is 0 Å². The fourth-order valence-corrected chi connectivity index (χ4v) is 4.15. The lowest BCUT2D eigenvalue weighted by molar-refractivity contribution is 0.0456. The molecule has 0 spiro atoms. The molecule has 3 N–H and O–H groups in total. The predicted octanol–water partition coefficient (Wildman–Crippen LogP) is 1.02. The summed E-state index contributed by atoms with van der Waals surface area (Å²) in [6, 6.07) is 2.76. The minimum Gasteiger partial charge on any atom is -0.298 e. The Labute approximate surface area is 123 Å². The number of amides is 1. The summed E-state index contributed by atoms with van der Waals surface area (Å²) >= 11 is 1.46. The Hall–Kier alpha value is -0.950. The Morgan fingerprint density at radius 3 is 3.15 bits per heavy atom. The maximum absolute atomic E-state index is 11.7. The van der Waals surface area contributed by atoms with Gasteiger partial charge in [-0.2, -0.15) is 0 Å². The number of nitrogens with one attached hydrogen (secondary N) is 1. The number of nitrogen functional groups attached to an aromatic ring is 1. The van der Waals surface area contributed by atoms with Crippen LogP contribution in [0.4, 0.5) is 0 Å². The summed E-state index contributed by atoms with van der Waals surface area (Å²) in [7, 11) is 0. The lowest BCUT2D eigenvalue weighted by Crippen LogP contribution is -2.54. The fraction of sp³-hybridized carbons (Fsp3) is 0.643. The lowest BCUT2D eigenvalue weighted by atomic mass is 9.99. The molecule has 1 unspecified atom stereocenters. The molecule has 2 aliphatic heterocycles. The first-order valence-electron chi connectivity index (χ1n) is 7.31. The molecule has 3 heterocycles. The number of hydrogen-bond acceptors (Lipinski definition) is 5. The van der Waals surface area contributed by atoms with E-state index in [1.165, 1.54) is 37.1 Å². The average Bonchev–Trinajstić information content (AvgIpc) is 2.94. The molecule has 2 saturated heterocycles. The van der Waals surface area contributed by atoms with Gasteiger partial charge in [0, 0.05) is 32.2 Å². The van der Waals surface area contributed by atoms with Gasteiger partial charge < -0.3 is 0 Å². The molecule has 20 heavy (non-hydrogen) atoms. The highest BCUT2D eigenvalue weighted by Gasteiger charge is 2.29. The van der Waals surface area contributed by atoms with E-state index in [1.807, 2.05) is 11.4 Å². The first-order valence-corrected chi connectivity index (χ1v) is 8.19. The fourth-order valence-electron chi connectivity index (χ4n) is 3.33. The van der Waals surface area contributed by atoms with Crippen LogP contribution < -0.4 is 11.3 Å². The smallest absolute Gasteiger partial charge is 0.275 e. The summed E-state index contributed by atoms with van der Waals surface area (Å²) in [6.07, 6.45) is 4.02. The van der Waals surface area contributed by atoms with Gasteiger partial charge in [0.1, 0.15) is 0 Å². The number of hydrogen-bond donors (Lipinski definition) is 2. The van der Waals surface area contributed by atoms with E-state index in [-0.39, 0.29) is 5.91 Å². The third-order valence-electron chi connectivity index (χ3n) is 4.40. The van der Waals surface area contributed by atoms with Crippen molar-refractivity contribution in [1.82, 2.24) is 15.2 Å². The topological polar surface area (TPSA) is 61.6 Å². The Morgan fingerprint density at radius 2 is 2.30 bits per heavy atom. The first-order chi connectivity index (χ1) is 9.78. The van der Waals surface area contributed by atoms with E-state index < -0.39 is 0 Å². The largest absolute Gasteiger partial charge is 0.298 e. The predicted molar refractivity (Wildman–Crippen MR) is 80.5 cm³/mol. The van der Waals surface area contributed by atoms with Gasteiger partial charge in [-0.3, -0.25) is 20.0 Å². The van der Waals surface area contributed by atoms with Gasteiger partial charge in [-0.05, 0) is 36.4 Å². The number of rotatable bonds is 3. The van der Waals surface area contributed by atoms with Gasteiger partial charge in [0.15, 0.2) is 0 Å². The molecule has 0 aliphatic carbocycles. The van der Waals surface area contributed by atoms with Crippen LogP contribution in [0.15, 0.2) is 11.4 Å². The number of fused-ring (bicyclic) bond motifs is 1. The minimum atomic E-state index is -0.175. The number of nitrogens with two attached hydrogens (primary N) is 1. The van der Waals surface area contributed by atoms with Crippen molar-refractivity contribution >= 4 is 17.2 Å². The second-order valence-electron chi connectivity index (χ2n) is 5.67. The van der Waals surface area contributed by atoms with Crippen LogP contribution in [-0.4, -0.2) is 47.9 Å². The molecule has 0 radical (unpaired) electrons. The van der Waals surface area contributed by atoms with Gasteiger partial charge in [0.25, 0.3) is 5.91 Å². The molecule has 2 aliphatic rings. The number of thiophene rings is 1. The van der Waals surface area contributed by atoms with Crippen molar-refractivity contribution in [3.63, 3.8) is 0 Å². The number of carbonyl (C=O) groups is 1. The van der Waals surface area contributed by atoms with Gasteiger partial charge in [0.2, 0.25) is 0 Å². The molecule has 6 heteroatoms. The van der Waals surface area contributed by atoms with Crippen molar-refractivity contribution in [1.29, 1.82) is 0 Å². The number of carbonyl (C=O) groups excluding carboxylic acids is 1.